The van der Waals surface area contributed by atoms with Gasteiger partial charge < -0.3 is 14.6 Å². The zero-order chi connectivity index (χ0) is 21.6. The predicted octanol–water partition coefficient (Wildman–Crippen LogP) is 5.72. The van der Waals surface area contributed by atoms with E-state index in [0.29, 0.717) is 18.7 Å². The van der Waals surface area contributed by atoms with Crippen LogP contribution in [0.5, 0.6) is 0 Å². The van der Waals surface area contributed by atoms with E-state index in [1.165, 1.54) is 11.3 Å². The molecule has 4 rings (SSSR count). The summed E-state index contributed by atoms with van der Waals surface area (Å²) in [6, 6.07) is 21.5. The number of amides is 1. The molecule has 2 heterocycles. The molecular weight excluding hydrogens is 426 g/mol. The molecule has 0 aliphatic carbocycles. The van der Waals surface area contributed by atoms with Crippen molar-refractivity contribution >= 4 is 39.3 Å². The summed E-state index contributed by atoms with van der Waals surface area (Å²) in [5, 5.41) is 5.93. The van der Waals surface area contributed by atoms with E-state index in [1.807, 2.05) is 73.0 Å². The summed E-state index contributed by atoms with van der Waals surface area (Å²) in [7, 11) is 1.69. The van der Waals surface area contributed by atoms with Crippen LogP contribution in [0.25, 0.3) is 10.6 Å². The summed E-state index contributed by atoms with van der Waals surface area (Å²) in [4.78, 5) is 19.7. The lowest BCUT2D eigenvalue weighted by Crippen LogP contribution is -2.18. The fraction of sp³-hybridized carbons (Fsp3) is 0.167. The summed E-state index contributed by atoms with van der Waals surface area (Å²) in [6.45, 7) is 3.18. The zero-order valence-corrected chi connectivity index (χ0v) is 19.0. The molecule has 1 N–H and O–H groups in total. The van der Waals surface area contributed by atoms with Crippen molar-refractivity contribution in [2.45, 2.75) is 13.5 Å². The summed E-state index contributed by atoms with van der Waals surface area (Å²) in [5.41, 5.74) is 3.56. The van der Waals surface area contributed by atoms with Crippen LogP contribution in [0.2, 0.25) is 0 Å². The molecule has 5 nitrogen and oxygen atoms in total. The van der Waals surface area contributed by atoms with Gasteiger partial charge in [-0.1, -0.05) is 53.3 Å². The van der Waals surface area contributed by atoms with Gasteiger partial charge in [0.1, 0.15) is 5.00 Å². The smallest absolute Gasteiger partial charge is 0.256 e. The molecule has 0 saturated carbocycles. The van der Waals surface area contributed by atoms with Crippen LogP contribution in [0.15, 0.2) is 77.1 Å². The van der Waals surface area contributed by atoms with Gasteiger partial charge in [-0.05, 0) is 42.6 Å². The van der Waals surface area contributed by atoms with Crippen molar-refractivity contribution in [3.8, 4) is 10.6 Å². The predicted molar refractivity (Wildman–Crippen MR) is 128 cm³/mol. The number of carbonyl (C=O) groups excluding carboxylic acids is 1. The number of aryl methyl sites for hydroxylation is 1. The van der Waals surface area contributed by atoms with Gasteiger partial charge >= 0.3 is 0 Å². The second-order valence-corrected chi connectivity index (χ2v) is 8.88. The Morgan fingerprint density at radius 2 is 1.84 bits per heavy atom. The van der Waals surface area contributed by atoms with E-state index in [9.17, 15) is 4.79 Å². The number of aromatic nitrogens is 1. The van der Waals surface area contributed by atoms with Crippen molar-refractivity contribution in [2.75, 3.05) is 19.0 Å². The number of thiophene rings is 1. The Morgan fingerprint density at radius 3 is 2.52 bits per heavy atom. The Hall–Kier alpha value is -3.00. The van der Waals surface area contributed by atoms with Gasteiger partial charge in [-0.3, -0.25) is 4.79 Å². The zero-order valence-electron chi connectivity index (χ0n) is 17.4. The van der Waals surface area contributed by atoms with Gasteiger partial charge in [-0.25, -0.2) is 4.99 Å². The lowest BCUT2D eigenvalue weighted by molar-refractivity contribution is 0.102. The Bertz CT molecular complexity index is 1210. The number of thiazole rings is 1. The molecule has 0 unspecified atom stereocenters. The number of para-hydroxylation sites is 1. The summed E-state index contributed by atoms with van der Waals surface area (Å²) < 4.78 is 7.48. The number of rotatable bonds is 7. The number of benzene rings is 2. The summed E-state index contributed by atoms with van der Waals surface area (Å²) in [5.74, 6) is -0.135. The van der Waals surface area contributed by atoms with Gasteiger partial charge in [0.2, 0.25) is 0 Å². The average molecular weight is 450 g/mol. The van der Waals surface area contributed by atoms with Gasteiger partial charge in [-0.2, -0.15) is 0 Å². The summed E-state index contributed by atoms with van der Waals surface area (Å²) in [6.07, 6.45) is 0. The Balaban J connectivity index is 1.82. The van der Waals surface area contributed by atoms with Gasteiger partial charge in [0, 0.05) is 19.2 Å². The molecule has 7 heteroatoms. The molecule has 2 aromatic heterocycles. The maximum absolute atomic E-state index is 13.0. The minimum atomic E-state index is -0.135. The number of nitrogens with one attached hydrogen (secondary N) is 1. The van der Waals surface area contributed by atoms with Crippen LogP contribution in [0, 0.1) is 6.92 Å². The second-order valence-electron chi connectivity index (χ2n) is 6.95. The molecule has 2 aromatic carbocycles. The third-order valence-corrected chi connectivity index (χ3v) is 6.57. The number of methoxy groups -OCH3 is 1. The quantitative estimate of drug-likeness (QED) is 0.392. The minimum Gasteiger partial charge on any atom is -0.383 e. The first kappa shape index (κ1) is 21.2. The molecule has 0 bridgehead atoms. The monoisotopic (exact) mass is 449 g/mol. The first-order chi connectivity index (χ1) is 15.2. The van der Waals surface area contributed by atoms with E-state index in [0.717, 1.165) is 31.6 Å². The SMILES string of the molecule is COCCn1c(-c2cccs2)c(NC(=O)c2ccc(C)cc2)sc1=Nc1ccccc1. The van der Waals surface area contributed by atoms with Gasteiger partial charge in [0.25, 0.3) is 5.91 Å². The molecule has 1 amide bonds. The number of carbonyl (C=O) groups is 1. The maximum atomic E-state index is 13.0. The highest BCUT2D eigenvalue weighted by molar-refractivity contribution is 7.16. The fourth-order valence-electron chi connectivity index (χ4n) is 3.12. The van der Waals surface area contributed by atoms with Crippen LogP contribution in [0.3, 0.4) is 0 Å². The molecule has 0 fully saturated rings. The van der Waals surface area contributed by atoms with E-state index in [1.54, 1.807) is 18.4 Å². The molecule has 0 radical (unpaired) electrons. The third kappa shape index (κ3) is 5.02. The van der Waals surface area contributed by atoms with Crippen LogP contribution in [0.4, 0.5) is 10.7 Å². The van der Waals surface area contributed by atoms with Crippen LogP contribution < -0.4 is 10.1 Å². The third-order valence-electron chi connectivity index (χ3n) is 4.70. The van der Waals surface area contributed by atoms with Crippen molar-refractivity contribution in [2.24, 2.45) is 4.99 Å². The summed E-state index contributed by atoms with van der Waals surface area (Å²) >= 11 is 3.11. The first-order valence-corrected chi connectivity index (χ1v) is 11.6. The molecule has 0 aliphatic rings. The molecule has 31 heavy (non-hydrogen) atoms. The molecule has 4 aromatic rings. The lowest BCUT2D eigenvalue weighted by Gasteiger charge is -2.10. The largest absolute Gasteiger partial charge is 0.383 e. The Labute approximate surface area is 189 Å². The number of hydrogen-bond acceptors (Lipinski definition) is 5. The number of hydrogen-bond donors (Lipinski definition) is 1. The number of nitrogens with zero attached hydrogens (tertiary/aromatic N) is 2. The first-order valence-electron chi connectivity index (χ1n) is 9.90. The standard InChI is InChI=1S/C24H23N3O2S2/c1-17-10-12-18(13-11-17)22(28)26-23-21(20-9-6-16-30-20)27(14-15-29-2)24(31-23)25-19-7-4-3-5-8-19/h3-13,16H,14-15H2,1-2H3,(H,26,28). The Kier molecular flexibility index (Phi) is 6.76. The van der Waals surface area contributed by atoms with Crippen molar-refractivity contribution in [3.05, 3.63) is 88.0 Å². The van der Waals surface area contributed by atoms with Gasteiger partial charge in [0.05, 0.1) is 22.9 Å². The molecule has 158 valence electrons. The molecule has 0 atom stereocenters. The molecular formula is C24H23N3O2S2. The van der Waals surface area contributed by atoms with E-state index < -0.39 is 0 Å². The Morgan fingerprint density at radius 1 is 1.06 bits per heavy atom. The fourth-order valence-corrected chi connectivity index (χ4v) is 5.06. The number of ether oxygens (including phenoxy) is 1. The van der Waals surface area contributed by atoms with Gasteiger partial charge in [-0.15, -0.1) is 11.3 Å². The van der Waals surface area contributed by atoms with Crippen molar-refractivity contribution in [1.82, 2.24) is 4.57 Å². The molecule has 0 saturated heterocycles. The van der Waals surface area contributed by atoms with Gasteiger partial charge in [0.15, 0.2) is 4.80 Å². The molecule has 0 spiro atoms. The normalized spacial score (nSPS) is 11.6. The minimum absolute atomic E-state index is 0.135. The van der Waals surface area contributed by atoms with Crippen LogP contribution >= 0.6 is 22.7 Å². The van der Waals surface area contributed by atoms with E-state index >= 15 is 0 Å². The van der Waals surface area contributed by atoms with Crippen molar-refractivity contribution < 1.29 is 9.53 Å². The van der Waals surface area contributed by atoms with Crippen molar-refractivity contribution in [3.63, 3.8) is 0 Å². The topological polar surface area (TPSA) is 55.6 Å². The number of anilines is 1. The molecule has 0 aliphatic heterocycles. The average Bonchev–Trinajstić information content (AvgIpc) is 3.41. The van der Waals surface area contributed by atoms with E-state index in [4.69, 9.17) is 9.73 Å². The highest BCUT2D eigenvalue weighted by Crippen LogP contribution is 2.34. The van der Waals surface area contributed by atoms with Crippen LogP contribution in [0.1, 0.15) is 15.9 Å². The van der Waals surface area contributed by atoms with Crippen LogP contribution in [-0.4, -0.2) is 24.2 Å². The highest BCUT2D eigenvalue weighted by Gasteiger charge is 2.19. The van der Waals surface area contributed by atoms with Crippen LogP contribution in [-0.2, 0) is 11.3 Å². The lowest BCUT2D eigenvalue weighted by atomic mass is 10.1. The van der Waals surface area contributed by atoms with E-state index in [2.05, 4.69) is 16.0 Å². The van der Waals surface area contributed by atoms with Crippen molar-refractivity contribution in [1.29, 1.82) is 0 Å². The maximum Gasteiger partial charge on any atom is 0.256 e. The highest BCUT2D eigenvalue weighted by atomic mass is 32.1. The van der Waals surface area contributed by atoms with E-state index in [-0.39, 0.29) is 5.91 Å². The second kappa shape index (κ2) is 9.87.